The Labute approximate surface area is 225 Å². The Morgan fingerprint density at radius 3 is 2.90 bits per heavy atom. The van der Waals surface area contributed by atoms with Crippen LogP contribution in [-0.2, 0) is 16.1 Å². The second-order valence-electron chi connectivity index (χ2n) is 9.79. The molecule has 0 spiro atoms. The quantitative estimate of drug-likeness (QED) is 0.396. The van der Waals surface area contributed by atoms with Crippen molar-refractivity contribution in [3.05, 3.63) is 54.4 Å². The zero-order chi connectivity index (χ0) is 26.8. The number of amides is 2. The topological polar surface area (TPSA) is 131 Å². The Morgan fingerprint density at radius 1 is 1.13 bits per heavy atom. The summed E-state index contributed by atoms with van der Waals surface area (Å²) in [4.78, 5) is 41.2. The van der Waals surface area contributed by atoms with E-state index in [4.69, 9.17) is 14.2 Å². The predicted molar refractivity (Wildman–Crippen MR) is 142 cm³/mol. The molecule has 2 saturated heterocycles. The van der Waals surface area contributed by atoms with Crippen LogP contribution < -0.4 is 25.0 Å². The van der Waals surface area contributed by atoms with Crippen molar-refractivity contribution >= 4 is 23.6 Å². The lowest BCUT2D eigenvalue weighted by atomic mass is 10.1. The first-order valence-corrected chi connectivity index (χ1v) is 12.9. The minimum absolute atomic E-state index is 0.0493. The van der Waals surface area contributed by atoms with Crippen LogP contribution in [0.25, 0.3) is 11.3 Å². The lowest BCUT2D eigenvalue weighted by Crippen LogP contribution is -2.51. The number of fused-ring (bicyclic) bond motifs is 1. The van der Waals surface area contributed by atoms with E-state index in [1.165, 1.54) is 4.90 Å². The van der Waals surface area contributed by atoms with E-state index in [9.17, 15) is 9.59 Å². The normalized spacial score (nSPS) is 19.1. The maximum atomic E-state index is 12.5. The number of rotatable bonds is 9. The number of hydrogen-bond acceptors (Lipinski definition) is 10. The van der Waals surface area contributed by atoms with E-state index in [2.05, 4.69) is 37.5 Å². The molecule has 0 bridgehead atoms. The van der Waals surface area contributed by atoms with Crippen LogP contribution in [0, 0.1) is 0 Å². The molecule has 0 aromatic carbocycles. The van der Waals surface area contributed by atoms with Gasteiger partial charge in [-0.05, 0) is 50.3 Å². The number of likely N-dealkylation sites (N-methyl/N-ethyl adjacent to an activating group) is 1. The maximum absolute atomic E-state index is 12.5. The highest BCUT2D eigenvalue weighted by Crippen LogP contribution is 2.30. The molecule has 3 aliphatic rings. The molecule has 0 unspecified atom stereocenters. The first kappa shape index (κ1) is 25.0. The van der Waals surface area contributed by atoms with Crippen molar-refractivity contribution in [1.29, 1.82) is 0 Å². The van der Waals surface area contributed by atoms with E-state index in [0.29, 0.717) is 49.3 Å². The van der Waals surface area contributed by atoms with E-state index >= 15 is 0 Å². The number of carbonyl (C=O) groups excluding carboxylic acids is 2. The SMILES string of the molecule is CN1CC(Oc2cccc(-c3ccnc(CNCC[C@H]4CN(c5ccc6c(n5)NC(=O)CO6)C(=O)O4)c3)n2)C1. The Bertz CT molecular complexity index is 1380. The number of nitrogens with one attached hydrogen (secondary N) is 2. The van der Waals surface area contributed by atoms with Crippen molar-refractivity contribution in [3.8, 4) is 22.9 Å². The average molecular weight is 532 g/mol. The van der Waals surface area contributed by atoms with Gasteiger partial charge in [0, 0.05) is 37.5 Å². The van der Waals surface area contributed by atoms with Crippen molar-refractivity contribution in [2.45, 2.75) is 25.2 Å². The number of aromatic nitrogens is 3. The zero-order valence-electron chi connectivity index (χ0n) is 21.5. The van der Waals surface area contributed by atoms with E-state index in [1.807, 2.05) is 30.3 Å². The molecule has 2 amide bonds. The van der Waals surface area contributed by atoms with Gasteiger partial charge < -0.3 is 24.8 Å². The van der Waals surface area contributed by atoms with Gasteiger partial charge in [-0.1, -0.05) is 6.07 Å². The van der Waals surface area contributed by atoms with Crippen molar-refractivity contribution in [3.63, 3.8) is 0 Å². The van der Waals surface area contributed by atoms with Crippen LogP contribution in [-0.4, -0.2) is 83.9 Å². The van der Waals surface area contributed by atoms with Gasteiger partial charge >= 0.3 is 6.09 Å². The predicted octanol–water partition coefficient (Wildman–Crippen LogP) is 2.07. The molecule has 12 nitrogen and oxygen atoms in total. The monoisotopic (exact) mass is 531 g/mol. The molecule has 39 heavy (non-hydrogen) atoms. The van der Waals surface area contributed by atoms with Gasteiger partial charge in [0.05, 0.1) is 17.9 Å². The number of cyclic esters (lactones) is 1. The molecule has 3 aromatic heterocycles. The van der Waals surface area contributed by atoms with Crippen LogP contribution in [0.1, 0.15) is 12.1 Å². The number of nitrogens with zero attached hydrogens (tertiary/aromatic N) is 5. The Morgan fingerprint density at radius 2 is 2.03 bits per heavy atom. The number of hydrogen-bond donors (Lipinski definition) is 2. The lowest BCUT2D eigenvalue weighted by molar-refractivity contribution is -0.118. The summed E-state index contributed by atoms with van der Waals surface area (Å²) in [7, 11) is 2.07. The van der Waals surface area contributed by atoms with Gasteiger partial charge in [-0.15, -0.1) is 0 Å². The molecule has 202 valence electrons. The van der Waals surface area contributed by atoms with E-state index in [0.717, 1.165) is 30.0 Å². The highest BCUT2D eigenvalue weighted by Gasteiger charge is 2.33. The summed E-state index contributed by atoms with van der Waals surface area (Å²) in [6.07, 6.45) is 1.85. The summed E-state index contributed by atoms with van der Waals surface area (Å²) in [5, 5.41) is 6.03. The van der Waals surface area contributed by atoms with E-state index in [-0.39, 0.29) is 24.7 Å². The van der Waals surface area contributed by atoms with Gasteiger partial charge in [-0.25, -0.2) is 14.8 Å². The minimum atomic E-state index is -0.465. The fourth-order valence-corrected chi connectivity index (χ4v) is 4.70. The van der Waals surface area contributed by atoms with Crippen LogP contribution in [0.4, 0.5) is 16.4 Å². The Hall–Kier alpha value is -4.29. The van der Waals surface area contributed by atoms with E-state index in [1.54, 1.807) is 18.3 Å². The Kier molecular flexibility index (Phi) is 6.95. The van der Waals surface area contributed by atoms with Gasteiger partial charge in [0.15, 0.2) is 18.2 Å². The molecule has 0 radical (unpaired) electrons. The number of likely N-dealkylation sites (tertiary alicyclic amines) is 1. The van der Waals surface area contributed by atoms with Crippen LogP contribution in [0.3, 0.4) is 0 Å². The third kappa shape index (κ3) is 5.76. The smallest absolute Gasteiger partial charge is 0.415 e. The molecule has 2 fully saturated rings. The van der Waals surface area contributed by atoms with Gasteiger partial charge in [0.2, 0.25) is 5.88 Å². The summed E-state index contributed by atoms with van der Waals surface area (Å²) in [6.45, 7) is 3.35. The molecule has 0 saturated carbocycles. The highest BCUT2D eigenvalue weighted by atomic mass is 16.6. The number of pyridine rings is 3. The average Bonchev–Trinajstić information content (AvgIpc) is 3.30. The summed E-state index contributed by atoms with van der Waals surface area (Å²) >= 11 is 0. The third-order valence-electron chi connectivity index (χ3n) is 6.71. The highest BCUT2D eigenvalue weighted by molar-refractivity contribution is 5.95. The summed E-state index contributed by atoms with van der Waals surface area (Å²) in [5.41, 5.74) is 2.69. The molecular formula is C27H29N7O5. The van der Waals surface area contributed by atoms with Crippen molar-refractivity contribution in [2.75, 3.05) is 50.1 Å². The number of anilines is 2. The van der Waals surface area contributed by atoms with Crippen LogP contribution in [0.15, 0.2) is 48.7 Å². The molecule has 1 atom stereocenters. The lowest BCUT2D eigenvalue weighted by Gasteiger charge is -2.35. The first-order chi connectivity index (χ1) is 19.0. The van der Waals surface area contributed by atoms with Gasteiger partial charge in [0.25, 0.3) is 5.91 Å². The van der Waals surface area contributed by atoms with Crippen molar-refractivity contribution in [2.24, 2.45) is 0 Å². The van der Waals surface area contributed by atoms with Gasteiger partial charge in [-0.2, -0.15) is 0 Å². The molecule has 12 heteroatoms. The summed E-state index contributed by atoms with van der Waals surface area (Å²) < 4.78 is 16.8. The summed E-state index contributed by atoms with van der Waals surface area (Å²) in [5.74, 6) is 1.53. The largest absolute Gasteiger partial charge is 0.480 e. The molecular weight excluding hydrogens is 502 g/mol. The van der Waals surface area contributed by atoms with Crippen LogP contribution >= 0.6 is 0 Å². The molecule has 3 aromatic rings. The second-order valence-corrected chi connectivity index (χ2v) is 9.79. The van der Waals surface area contributed by atoms with Gasteiger partial charge in [0.1, 0.15) is 18.0 Å². The second kappa shape index (κ2) is 10.8. The molecule has 2 N–H and O–H groups in total. The van der Waals surface area contributed by atoms with Crippen LogP contribution in [0.2, 0.25) is 0 Å². The van der Waals surface area contributed by atoms with Crippen molar-refractivity contribution in [1.82, 2.24) is 25.2 Å². The van der Waals surface area contributed by atoms with E-state index < -0.39 is 6.09 Å². The van der Waals surface area contributed by atoms with Crippen molar-refractivity contribution < 1.29 is 23.8 Å². The maximum Gasteiger partial charge on any atom is 0.415 e. The number of ether oxygens (including phenoxy) is 3. The van der Waals surface area contributed by atoms with Gasteiger partial charge in [-0.3, -0.25) is 19.6 Å². The minimum Gasteiger partial charge on any atom is -0.480 e. The molecule has 6 rings (SSSR count). The third-order valence-corrected chi connectivity index (χ3v) is 6.71. The first-order valence-electron chi connectivity index (χ1n) is 12.9. The standard InChI is InChI=1S/C27H29N7O5/c1-33-13-20(14-33)38-25-4-2-3-21(30-25)17-7-10-29-18(11-17)12-28-9-8-19-15-34(27(36)39-19)23-6-5-22-26(31-23)32-24(35)16-37-22/h2-7,10-11,19-20,28H,8-9,12-16H2,1H3,(H,31,32,35)/t19-/m0/s1. The number of carbonyl (C=O) groups is 2. The fraction of sp³-hybridized carbons (Fsp3) is 0.370. The zero-order valence-corrected chi connectivity index (χ0v) is 21.5. The Balaban J connectivity index is 0.996. The molecule has 3 aliphatic heterocycles. The van der Waals surface area contributed by atoms with Crippen LogP contribution in [0.5, 0.6) is 11.6 Å². The summed E-state index contributed by atoms with van der Waals surface area (Å²) in [6, 6.07) is 13.1. The molecule has 6 heterocycles. The fourth-order valence-electron chi connectivity index (χ4n) is 4.70. The molecule has 0 aliphatic carbocycles.